The standard InChI is InChI=1S/C17H20BrN3/c1-13-11-14(18)12-19-17(13)20-15-7-9-21(10-8-15)16-5-3-2-4-6-16/h2-6,11-12,15H,7-10H2,1H3,(H,19,20). The minimum Gasteiger partial charge on any atom is -0.371 e. The molecule has 3 rings (SSSR count). The number of rotatable bonds is 3. The van der Waals surface area contributed by atoms with Crippen molar-refractivity contribution >= 4 is 27.4 Å². The molecular formula is C17H20BrN3. The number of nitrogens with one attached hydrogen (secondary N) is 1. The Morgan fingerprint density at radius 1 is 1.19 bits per heavy atom. The first-order valence-electron chi connectivity index (χ1n) is 7.41. The molecule has 1 aliphatic rings. The molecule has 1 N–H and O–H groups in total. The lowest BCUT2D eigenvalue weighted by Crippen LogP contribution is -2.39. The second kappa shape index (κ2) is 6.48. The summed E-state index contributed by atoms with van der Waals surface area (Å²) < 4.78 is 1.03. The minimum atomic E-state index is 0.511. The Morgan fingerprint density at radius 3 is 2.57 bits per heavy atom. The van der Waals surface area contributed by atoms with Crippen LogP contribution >= 0.6 is 15.9 Å². The Morgan fingerprint density at radius 2 is 1.90 bits per heavy atom. The predicted molar refractivity (Wildman–Crippen MR) is 92.0 cm³/mol. The number of hydrogen-bond acceptors (Lipinski definition) is 3. The molecule has 3 nitrogen and oxygen atoms in total. The second-order valence-corrected chi connectivity index (χ2v) is 6.48. The molecule has 0 unspecified atom stereocenters. The number of aromatic nitrogens is 1. The monoisotopic (exact) mass is 345 g/mol. The van der Waals surface area contributed by atoms with Crippen LogP contribution in [0.15, 0.2) is 47.1 Å². The van der Waals surface area contributed by atoms with Gasteiger partial charge in [0.1, 0.15) is 5.82 Å². The Labute approximate surface area is 134 Å². The van der Waals surface area contributed by atoms with Crippen molar-refractivity contribution in [3.05, 3.63) is 52.6 Å². The number of hydrogen-bond donors (Lipinski definition) is 1. The average Bonchev–Trinajstić information content (AvgIpc) is 2.52. The smallest absolute Gasteiger partial charge is 0.129 e. The Kier molecular flexibility index (Phi) is 4.44. The highest BCUT2D eigenvalue weighted by atomic mass is 79.9. The number of anilines is 2. The van der Waals surface area contributed by atoms with E-state index >= 15 is 0 Å². The molecule has 21 heavy (non-hydrogen) atoms. The molecule has 0 bridgehead atoms. The molecule has 0 amide bonds. The van der Waals surface area contributed by atoms with Crippen LogP contribution in [0.2, 0.25) is 0 Å². The van der Waals surface area contributed by atoms with Gasteiger partial charge in [-0.25, -0.2) is 4.98 Å². The van der Waals surface area contributed by atoms with Crippen LogP contribution in [-0.2, 0) is 0 Å². The first kappa shape index (κ1) is 14.4. The number of aryl methyl sites for hydroxylation is 1. The molecule has 1 aromatic heterocycles. The number of piperidine rings is 1. The van der Waals surface area contributed by atoms with Gasteiger partial charge in [-0.15, -0.1) is 0 Å². The molecule has 1 aromatic carbocycles. The van der Waals surface area contributed by atoms with Crippen LogP contribution in [-0.4, -0.2) is 24.1 Å². The summed E-state index contributed by atoms with van der Waals surface area (Å²) in [5.41, 5.74) is 2.52. The van der Waals surface area contributed by atoms with Crippen LogP contribution in [0.4, 0.5) is 11.5 Å². The van der Waals surface area contributed by atoms with E-state index in [0.717, 1.165) is 36.2 Å². The topological polar surface area (TPSA) is 28.2 Å². The third-order valence-corrected chi connectivity index (χ3v) is 4.44. The van der Waals surface area contributed by atoms with Crippen molar-refractivity contribution in [2.45, 2.75) is 25.8 Å². The summed E-state index contributed by atoms with van der Waals surface area (Å²) in [7, 11) is 0. The third-order valence-electron chi connectivity index (χ3n) is 4.00. The van der Waals surface area contributed by atoms with Crippen LogP contribution in [0.3, 0.4) is 0 Å². The van der Waals surface area contributed by atoms with Crippen LogP contribution in [0.1, 0.15) is 18.4 Å². The van der Waals surface area contributed by atoms with E-state index in [1.165, 1.54) is 11.3 Å². The maximum atomic E-state index is 4.48. The molecule has 0 spiro atoms. The van der Waals surface area contributed by atoms with Crippen molar-refractivity contribution in [3.8, 4) is 0 Å². The van der Waals surface area contributed by atoms with Gasteiger partial charge >= 0.3 is 0 Å². The fourth-order valence-electron chi connectivity index (χ4n) is 2.81. The molecule has 0 saturated carbocycles. The first-order valence-corrected chi connectivity index (χ1v) is 8.20. The molecule has 110 valence electrons. The number of para-hydroxylation sites is 1. The highest BCUT2D eigenvalue weighted by Crippen LogP contribution is 2.23. The number of pyridine rings is 1. The summed E-state index contributed by atoms with van der Waals surface area (Å²) in [5, 5.41) is 3.59. The van der Waals surface area contributed by atoms with Gasteiger partial charge in [0.2, 0.25) is 0 Å². The van der Waals surface area contributed by atoms with Gasteiger partial charge in [0.25, 0.3) is 0 Å². The van der Waals surface area contributed by atoms with Crippen molar-refractivity contribution in [3.63, 3.8) is 0 Å². The molecule has 1 saturated heterocycles. The molecule has 2 aromatic rings. The van der Waals surface area contributed by atoms with Gasteiger partial charge in [0, 0.05) is 35.5 Å². The van der Waals surface area contributed by atoms with Crippen LogP contribution in [0.25, 0.3) is 0 Å². The van der Waals surface area contributed by atoms with Crippen LogP contribution in [0, 0.1) is 6.92 Å². The van der Waals surface area contributed by atoms with E-state index in [1.54, 1.807) is 0 Å². The lowest BCUT2D eigenvalue weighted by molar-refractivity contribution is 0.525. The lowest BCUT2D eigenvalue weighted by Gasteiger charge is -2.34. The van der Waals surface area contributed by atoms with Crippen molar-refractivity contribution in [2.24, 2.45) is 0 Å². The van der Waals surface area contributed by atoms with E-state index in [1.807, 2.05) is 6.20 Å². The second-order valence-electron chi connectivity index (χ2n) is 5.56. The van der Waals surface area contributed by atoms with Gasteiger partial charge in [-0.3, -0.25) is 0 Å². The van der Waals surface area contributed by atoms with Gasteiger partial charge < -0.3 is 10.2 Å². The summed E-state index contributed by atoms with van der Waals surface area (Å²) in [5.74, 6) is 1.01. The van der Waals surface area contributed by atoms with Crippen molar-refractivity contribution in [2.75, 3.05) is 23.3 Å². The largest absolute Gasteiger partial charge is 0.371 e. The molecule has 0 aliphatic carbocycles. The summed E-state index contributed by atoms with van der Waals surface area (Å²) in [4.78, 5) is 6.94. The SMILES string of the molecule is Cc1cc(Br)cnc1NC1CCN(c2ccccc2)CC1. The number of benzene rings is 1. The Bertz CT molecular complexity index is 592. The van der Waals surface area contributed by atoms with Crippen molar-refractivity contribution in [1.29, 1.82) is 0 Å². The van der Waals surface area contributed by atoms with E-state index < -0.39 is 0 Å². The van der Waals surface area contributed by atoms with Crippen molar-refractivity contribution < 1.29 is 0 Å². The normalized spacial score (nSPS) is 16.0. The number of halogens is 1. The Hall–Kier alpha value is -1.55. The highest BCUT2D eigenvalue weighted by molar-refractivity contribution is 9.10. The zero-order chi connectivity index (χ0) is 14.7. The maximum Gasteiger partial charge on any atom is 0.129 e. The zero-order valence-electron chi connectivity index (χ0n) is 12.2. The molecule has 0 atom stereocenters. The highest BCUT2D eigenvalue weighted by Gasteiger charge is 2.19. The van der Waals surface area contributed by atoms with E-state index in [4.69, 9.17) is 0 Å². The minimum absolute atomic E-state index is 0.511. The van der Waals surface area contributed by atoms with E-state index in [-0.39, 0.29) is 0 Å². The first-order chi connectivity index (χ1) is 10.2. The maximum absolute atomic E-state index is 4.48. The lowest BCUT2D eigenvalue weighted by atomic mass is 10.0. The Balaban J connectivity index is 1.59. The van der Waals surface area contributed by atoms with E-state index in [9.17, 15) is 0 Å². The third kappa shape index (κ3) is 3.56. The summed E-state index contributed by atoms with van der Waals surface area (Å²) in [6, 6.07) is 13.3. The average molecular weight is 346 g/mol. The fraction of sp³-hybridized carbons (Fsp3) is 0.353. The van der Waals surface area contributed by atoms with E-state index in [2.05, 4.69) is 74.5 Å². The number of nitrogens with zero attached hydrogens (tertiary/aromatic N) is 2. The van der Waals surface area contributed by atoms with Gasteiger partial charge in [0.15, 0.2) is 0 Å². The summed E-state index contributed by atoms with van der Waals surface area (Å²) >= 11 is 3.46. The van der Waals surface area contributed by atoms with Gasteiger partial charge in [-0.1, -0.05) is 18.2 Å². The molecule has 4 heteroatoms. The van der Waals surface area contributed by atoms with E-state index in [0.29, 0.717) is 6.04 Å². The summed E-state index contributed by atoms with van der Waals surface area (Å²) in [6.07, 6.45) is 4.15. The van der Waals surface area contributed by atoms with Crippen LogP contribution < -0.4 is 10.2 Å². The molecule has 2 heterocycles. The van der Waals surface area contributed by atoms with Gasteiger partial charge in [-0.2, -0.15) is 0 Å². The summed E-state index contributed by atoms with van der Waals surface area (Å²) in [6.45, 7) is 4.29. The molecule has 1 fully saturated rings. The van der Waals surface area contributed by atoms with Crippen molar-refractivity contribution in [1.82, 2.24) is 4.98 Å². The predicted octanol–water partition coefficient (Wildman–Crippen LogP) is 4.23. The van der Waals surface area contributed by atoms with Gasteiger partial charge in [0.05, 0.1) is 0 Å². The molecule has 0 radical (unpaired) electrons. The quantitative estimate of drug-likeness (QED) is 0.901. The van der Waals surface area contributed by atoms with Gasteiger partial charge in [-0.05, 0) is 59.5 Å². The van der Waals surface area contributed by atoms with Crippen LogP contribution in [0.5, 0.6) is 0 Å². The fourth-order valence-corrected chi connectivity index (χ4v) is 3.25. The zero-order valence-corrected chi connectivity index (χ0v) is 13.8. The molecule has 1 aliphatic heterocycles. The molecular weight excluding hydrogens is 326 g/mol.